The van der Waals surface area contributed by atoms with Crippen molar-refractivity contribution in [2.45, 2.75) is 37.5 Å². The van der Waals surface area contributed by atoms with E-state index >= 15 is 0 Å². The topological polar surface area (TPSA) is 95.7 Å². The van der Waals surface area contributed by atoms with Gasteiger partial charge in [0.2, 0.25) is 5.88 Å². The second-order valence-electron chi connectivity index (χ2n) is 9.00. The number of nitrogens with zero attached hydrogens (tertiary/aromatic N) is 1. The molecule has 3 N–H and O–H groups in total. The number of nitrogens with one attached hydrogen (secondary N) is 1. The Balaban J connectivity index is 1.34. The van der Waals surface area contributed by atoms with Gasteiger partial charge in [-0.25, -0.2) is 18.6 Å². The third-order valence-corrected chi connectivity index (χ3v) is 6.55. The minimum atomic E-state index is -0.473. The third-order valence-electron chi connectivity index (χ3n) is 6.55. The van der Waals surface area contributed by atoms with Crippen molar-refractivity contribution in [1.82, 2.24) is 10.3 Å². The molecule has 2 aromatic carbocycles. The Morgan fingerprint density at radius 1 is 1.22 bits per heavy atom. The molecule has 0 saturated carbocycles. The number of esters is 1. The lowest BCUT2D eigenvalue weighted by molar-refractivity contribution is -0.0156. The van der Waals surface area contributed by atoms with E-state index in [0.29, 0.717) is 41.9 Å². The number of hydrogen-bond acceptors (Lipinski definition) is 7. The van der Waals surface area contributed by atoms with Gasteiger partial charge < -0.3 is 25.3 Å². The Hall–Kier alpha value is -3.40. The van der Waals surface area contributed by atoms with Crippen molar-refractivity contribution >= 4 is 22.9 Å². The van der Waals surface area contributed by atoms with Gasteiger partial charge in [-0.15, -0.1) is 0 Å². The molecule has 37 heavy (non-hydrogen) atoms. The molecule has 1 fully saturated rings. The van der Waals surface area contributed by atoms with E-state index < -0.39 is 17.6 Å². The fourth-order valence-corrected chi connectivity index (χ4v) is 4.54. The van der Waals surface area contributed by atoms with E-state index in [9.17, 15) is 13.6 Å². The van der Waals surface area contributed by atoms with Gasteiger partial charge in [-0.3, -0.25) is 0 Å². The van der Waals surface area contributed by atoms with Crippen LogP contribution in [0.15, 0.2) is 48.5 Å². The predicted octanol–water partition coefficient (Wildman–Crippen LogP) is 4.03. The van der Waals surface area contributed by atoms with Crippen molar-refractivity contribution in [2.75, 3.05) is 27.4 Å². The van der Waals surface area contributed by atoms with Crippen LogP contribution in [0.5, 0.6) is 5.88 Å². The molecule has 3 aromatic rings. The van der Waals surface area contributed by atoms with Crippen LogP contribution in [-0.2, 0) is 15.9 Å². The number of hydrogen-bond donors (Lipinski definition) is 2. The predicted molar refractivity (Wildman–Crippen MR) is 137 cm³/mol. The first-order valence-electron chi connectivity index (χ1n) is 12.2. The Labute approximate surface area is 214 Å². The van der Waals surface area contributed by atoms with Crippen LogP contribution in [0.4, 0.5) is 8.78 Å². The van der Waals surface area contributed by atoms with Crippen LogP contribution in [0, 0.1) is 11.6 Å². The summed E-state index contributed by atoms with van der Waals surface area (Å²) in [6.07, 6.45) is 5.36. The normalized spacial score (nSPS) is 18.7. The molecule has 0 amide bonds. The standard InChI is InChI=1S/C28H31F2N3O4/c1-35-26-12-9-21-22(28(34)36-2)8-5-18(27(21)33-26)15-24(31)25-11-7-20(16-37-25)32-13-3-4-17-14-19(29)6-10-23(17)30/h3-6,8-10,12,14,20,24-25,32H,7,11,13,15-16,31H2,1-2H3/t20?,24-,25?/m1/s1. The maximum atomic E-state index is 13.7. The minimum Gasteiger partial charge on any atom is -0.481 e. The van der Waals surface area contributed by atoms with Gasteiger partial charge in [-0.1, -0.05) is 18.2 Å². The zero-order chi connectivity index (χ0) is 26.4. The second-order valence-corrected chi connectivity index (χ2v) is 9.00. The van der Waals surface area contributed by atoms with Crippen molar-refractivity contribution in [3.05, 3.63) is 76.9 Å². The number of halogens is 2. The summed E-state index contributed by atoms with van der Waals surface area (Å²) in [6, 6.07) is 10.3. The van der Waals surface area contributed by atoms with Crippen molar-refractivity contribution < 1.29 is 27.8 Å². The number of carbonyl (C=O) groups is 1. The average molecular weight is 512 g/mol. The van der Waals surface area contributed by atoms with Gasteiger partial charge in [0.15, 0.2) is 0 Å². The Morgan fingerprint density at radius 2 is 2.05 bits per heavy atom. The fraction of sp³-hybridized carbons (Fsp3) is 0.357. The summed E-state index contributed by atoms with van der Waals surface area (Å²) in [5.74, 6) is -0.921. The number of nitrogens with two attached hydrogens (primary N) is 1. The number of rotatable bonds is 9. The highest BCUT2D eigenvalue weighted by Gasteiger charge is 2.27. The summed E-state index contributed by atoms with van der Waals surface area (Å²) in [5, 5.41) is 4.04. The van der Waals surface area contributed by atoms with Gasteiger partial charge in [0.25, 0.3) is 0 Å². The van der Waals surface area contributed by atoms with Crippen molar-refractivity contribution in [2.24, 2.45) is 5.73 Å². The fourth-order valence-electron chi connectivity index (χ4n) is 4.54. The molecule has 0 spiro atoms. The summed E-state index contributed by atoms with van der Waals surface area (Å²) in [6.45, 7) is 1.00. The summed E-state index contributed by atoms with van der Waals surface area (Å²) < 4.78 is 43.3. The van der Waals surface area contributed by atoms with Crippen LogP contribution in [0.3, 0.4) is 0 Å². The van der Waals surface area contributed by atoms with Crippen molar-refractivity contribution in [3.8, 4) is 5.88 Å². The molecular weight excluding hydrogens is 480 g/mol. The number of aromatic nitrogens is 1. The maximum Gasteiger partial charge on any atom is 0.338 e. The number of carbonyl (C=O) groups excluding carboxylic acids is 1. The zero-order valence-corrected chi connectivity index (χ0v) is 20.9. The number of benzene rings is 2. The van der Waals surface area contributed by atoms with E-state index in [1.165, 1.54) is 13.2 Å². The monoisotopic (exact) mass is 511 g/mol. The molecule has 3 atom stereocenters. The number of methoxy groups -OCH3 is 2. The summed E-state index contributed by atoms with van der Waals surface area (Å²) in [4.78, 5) is 16.8. The molecule has 0 aliphatic carbocycles. The molecule has 4 rings (SSSR count). The van der Waals surface area contributed by atoms with E-state index in [1.807, 2.05) is 6.07 Å². The molecule has 1 aliphatic rings. The first-order valence-corrected chi connectivity index (χ1v) is 12.2. The highest BCUT2D eigenvalue weighted by Crippen LogP contribution is 2.27. The van der Waals surface area contributed by atoms with Crippen LogP contribution in [0.2, 0.25) is 0 Å². The van der Waals surface area contributed by atoms with Gasteiger partial charge in [0.05, 0.1) is 38.0 Å². The van der Waals surface area contributed by atoms with Gasteiger partial charge in [-0.2, -0.15) is 0 Å². The number of ether oxygens (including phenoxy) is 3. The molecule has 9 heteroatoms. The minimum absolute atomic E-state index is 0.129. The van der Waals surface area contributed by atoms with Gasteiger partial charge in [0, 0.05) is 35.6 Å². The smallest absolute Gasteiger partial charge is 0.338 e. The molecule has 196 valence electrons. The first-order chi connectivity index (χ1) is 17.9. The Kier molecular flexibility index (Phi) is 8.81. The molecular formula is C28H31F2N3O4. The molecule has 2 unspecified atom stereocenters. The van der Waals surface area contributed by atoms with Crippen LogP contribution >= 0.6 is 0 Å². The van der Waals surface area contributed by atoms with Gasteiger partial charge >= 0.3 is 5.97 Å². The van der Waals surface area contributed by atoms with E-state index in [-0.39, 0.29) is 23.8 Å². The SMILES string of the molecule is COC(=O)c1ccc(C[C@@H](N)C2CCC(NCC=Cc3cc(F)ccc3F)CO2)c2nc(OC)ccc12. The van der Waals surface area contributed by atoms with Gasteiger partial charge in [-0.05, 0) is 55.2 Å². The summed E-state index contributed by atoms with van der Waals surface area (Å²) >= 11 is 0. The molecule has 1 saturated heterocycles. The number of pyridine rings is 1. The lowest BCUT2D eigenvalue weighted by Crippen LogP contribution is -2.47. The largest absolute Gasteiger partial charge is 0.481 e. The zero-order valence-electron chi connectivity index (χ0n) is 20.9. The van der Waals surface area contributed by atoms with Gasteiger partial charge in [0.1, 0.15) is 11.6 Å². The summed E-state index contributed by atoms with van der Waals surface area (Å²) in [5.41, 5.74) is 8.74. The van der Waals surface area contributed by atoms with Crippen LogP contribution in [0.1, 0.15) is 34.3 Å². The molecule has 7 nitrogen and oxygen atoms in total. The van der Waals surface area contributed by atoms with Crippen LogP contribution in [-0.4, -0.2) is 56.5 Å². The summed E-state index contributed by atoms with van der Waals surface area (Å²) in [7, 11) is 2.89. The van der Waals surface area contributed by atoms with E-state index in [2.05, 4.69) is 10.3 Å². The molecule has 0 radical (unpaired) electrons. The van der Waals surface area contributed by atoms with Crippen molar-refractivity contribution in [3.63, 3.8) is 0 Å². The molecule has 1 aliphatic heterocycles. The average Bonchev–Trinajstić information content (AvgIpc) is 2.92. The third kappa shape index (κ3) is 6.49. The second kappa shape index (κ2) is 12.2. The van der Waals surface area contributed by atoms with Crippen LogP contribution in [0.25, 0.3) is 17.0 Å². The lowest BCUT2D eigenvalue weighted by atomic mass is 9.93. The Bertz CT molecular complexity index is 1280. The molecule has 2 heterocycles. The molecule has 1 aromatic heterocycles. The van der Waals surface area contributed by atoms with E-state index in [1.54, 1.807) is 37.5 Å². The quantitative estimate of drug-likeness (QED) is 0.419. The Morgan fingerprint density at radius 3 is 2.78 bits per heavy atom. The maximum absolute atomic E-state index is 13.7. The van der Waals surface area contributed by atoms with E-state index in [4.69, 9.17) is 19.9 Å². The highest BCUT2D eigenvalue weighted by molar-refractivity contribution is 6.04. The first kappa shape index (κ1) is 26.7. The molecule has 0 bridgehead atoms. The van der Waals surface area contributed by atoms with E-state index in [0.717, 1.165) is 30.5 Å². The number of fused-ring (bicyclic) bond motifs is 1. The van der Waals surface area contributed by atoms with Crippen molar-refractivity contribution in [1.29, 1.82) is 0 Å². The van der Waals surface area contributed by atoms with Crippen LogP contribution < -0.4 is 15.8 Å². The lowest BCUT2D eigenvalue weighted by Gasteiger charge is -2.33. The highest BCUT2D eigenvalue weighted by atomic mass is 19.1.